The third-order valence-corrected chi connectivity index (χ3v) is 4.48. The summed E-state index contributed by atoms with van der Waals surface area (Å²) in [5, 5.41) is 5.40. The normalized spacial score (nSPS) is 12.9. The van der Waals surface area contributed by atoms with Crippen LogP contribution in [-0.4, -0.2) is 20.7 Å². The Balaban J connectivity index is 1.88. The van der Waals surface area contributed by atoms with Gasteiger partial charge in [0.25, 0.3) is 5.56 Å². The van der Waals surface area contributed by atoms with Crippen molar-refractivity contribution in [2.75, 3.05) is 0 Å². The quantitative estimate of drug-likeness (QED) is 0.407. The zero-order valence-corrected chi connectivity index (χ0v) is 16.3. The van der Waals surface area contributed by atoms with E-state index in [1.165, 1.54) is 16.8 Å². The number of aryl methyl sites for hydroxylation is 2. The van der Waals surface area contributed by atoms with E-state index in [-0.39, 0.29) is 5.56 Å². The molecule has 0 N–H and O–H groups in total. The van der Waals surface area contributed by atoms with Crippen molar-refractivity contribution in [1.82, 2.24) is 14.3 Å². The van der Waals surface area contributed by atoms with E-state index in [2.05, 4.69) is 16.4 Å². The number of hydrogen-bond donors (Lipinski definition) is 0. The van der Waals surface area contributed by atoms with Crippen LogP contribution in [0, 0.1) is 0 Å². The Kier molecular flexibility index (Phi) is 6.25. The summed E-state index contributed by atoms with van der Waals surface area (Å²) in [4.78, 5) is 12.8. The van der Waals surface area contributed by atoms with Crippen molar-refractivity contribution < 1.29 is 17.9 Å². The first-order valence-corrected chi connectivity index (χ1v) is 9.14. The van der Waals surface area contributed by atoms with Crippen LogP contribution in [0.3, 0.4) is 0 Å². The summed E-state index contributed by atoms with van der Waals surface area (Å²) in [5.41, 5.74) is 1.14. The van der Waals surface area contributed by atoms with Gasteiger partial charge in [-0.25, -0.2) is 4.68 Å². The molecule has 3 aromatic rings. The van der Waals surface area contributed by atoms with E-state index in [4.69, 9.17) is 0 Å². The summed E-state index contributed by atoms with van der Waals surface area (Å²) in [7, 11) is 0. The number of benzene rings is 1. The summed E-state index contributed by atoms with van der Waals surface area (Å²) in [5.74, 6) is -0.417. The number of alkyl halides is 3. The maximum absolute atomic E-state index is 12.8. The van der Waals surface area contributed by atoms with Gasteiger partial charge >= 0.3 is 6.36 Å². The van der Waals surface area contributed by atoms with E-state index in [0.717, 1.165) is 6.08 Å². The second-order valence-corrected chi connectivity index (χ2v) is 6.57. The topological polar surface area (TPSA) is 49.0 Å². The molecule has 0 fully saturated rings. The second kappa shape index (κ2) is 8.86. The number of rotatable bonds is 7. The molecular weight excluding hydrogens is 395 g/mol. The van der Waals surface area contributed by atoms with E-state index >= 15 is 0 Å². The molecule has 3 rings (SSSR count). The molecule has 156 valence electrons. The van der Waals surface area contributed by atoms with Crippen molar-refractivity contribution in [2.24, 2.45) is 0 Å². The molecule has 0 saturated heterocycles. The lowest BCUT2D eigenvalue weighted by atomic mass is 10.0. The fourth-order valence-corrected chi connectivity index (χ4v) is 2.89. The van der Waals surface area contributed by atoms with Gasteiger partial charge in [-0.15, -0.1) is 13.2 Å². The van der Waals surface area contributed by atoms with E-state index in [1.54, 1.807) is 31.3 Å². The highest BCUT2D eigenvalue weighted by Gasteiger charge is 2.31. The average molecular weight is 415 g/mol. The van der Waals surface area contributed by atoms with Crippen LogP contribution in [0.25, 0.3) is 16.3 Å². The van der Waals surface area contributed by atoms with E-state index in [1.807, 2.05) is 29.1 Å². The third-order valence-electron chi connectivity index (χ3n) is 4.48. The van der Waals surface area contributed by atoms with Gasteiger partial charge in [-0.1, -0.05) is 24.8 Å². The molecule has 5 nitrogen and oxygen atoms in total. The number of fused-ring (bicyclic) bond motifs is 1. The van der Waals surface area contributed by atoms with E-state index in [9.17, 15) is 18.0 Å². The monoisotopic (exact) mass is 415 g/mol. The fourth-order valence-electron chi connectivity index (χ4n) is 2.89. The first kappa shape index (κ1) is 21.2. The molecule has 0 bridgehead atoms. The summed E-state index contributed by atoms with van der Waals surface area (Å²) in [6, 6.07) is 9.07. The number of halogens is 3. The fraction of sp³-hybridized carbons (Fsp3) is 0.182. The molecular formula is C22H20F3N3O2. The minimum Gasteiger partial charge on any atom is -0.406 e. The predicted octanol–water partition coefficient (Wildman–Crippen LogP) is 4.91. The molecule has 1 aromatic carbocycles. The Labute approximate surface area is 171 Å². The van der Waals surface area contributed by atoms with Gasteiger partial charge in [-0.05, 0) is 48.4 Å². The highest BCUT2D eigenvalue weighted by molar-refractivity contribution is 5.84. The van der Waals surface area contributed by atoms with Gasteiger partial charge in [0.1, 0.15) is 5.76 Å². The molecule has 0 radical (unpaired) electrons. The largest absolute Gasteiger partial charge is 0.573 e. The SMILES string of the molecule is C=C/C(=C\C=C(/C)c1ccc2cnn(CCn3cccc3)c(=O)c2c1)OC(F)(F)F. The summed E-state index contributed by atoms with van der Waals surface area (Å²) in [6.45, 7) is 6.08. The second-order valence-electron chi connectivity index (χ2n) is 6.57. The molecule has 0 unspecified atom stereocenters. The van der Waals surface area contributed by atoms with Crippen molar-refractivity contribution in [1.29, 1.82) is 0 Å². The molecule has 0 spiro atoms. The number of nitrogens with zero attached hydrogens (tertiary/aromatic N) is 3. The van der Waals surface area contributed by atoms with Gasteiger partial charge in [0.05, 0.1) is 18.1 Å². The lowest BCUT2D eigenvalue weighted by Crippen LogP contribution is -2.24. The lowest BCUT2D eigenvalue weighted by Gasteiger charge is -2.09. The molecule has 0 aliphatic heterocycles. The Bertz CT molecular complexity index is 1160. The van der Waals surface area contributed by atoms with E-state index in [0.29, 0.717) is 35.0 Å². The van der Waals surface area contributed by atoms with E-state index < -0.39 is 12.1 Å². The minimum atomic E-state index is -4.79. The number of ether oxygens (including phenoxy) is 1. The molecule has 0 atom stereocenters. The standard InChI is InChI=1S/C22H20F3N3O2/c1-3-19(30-22(23,24)25)9-6-16(2)17-7-8-18-15-26-28(21(29)20(18)14-17)13-12-27-10-4-5-11-27/h3-11,14-15H,1,12-13H2,2H3/b16-6+,19-9+. The first-order chi connectivity index (χ1) is 14.3. The molecule has 0 aliphatic carbocycles. The molecule has 8 heteroatoms. The molecule has 0 saturated carbocycles. The number of allylic oxidation sites excluding steroid dienone is 4. The van der Waals surface area contributed by atoms with Crippen LogP contribution in [0.5, 0.6) is 0 Å². The molecule has 2 heterocycles. The Morgan fingerprint density at radius 2 is 1.93 bits per heavy atom. The maximum Gasteiger partial charge on any atom is 0.573 e. The zero-order valence-electron chi connectivity index (χ0n) is 16.3. The van der Waals surface area contributed by atoms with Gasteiger partial charge in [-0.2, -0.15) is 5.10 Å². The predicted molar refractivity (Wildman–Crippen MR) is 110 cm³/mol. The molecule has 0 aliphatic rings. The van der Waals surface area contributed by atoms with Crippen LogP contribution in [0.15, 0.2) is 84.3 Å². The van der Waals surface area contributed by atoms with Gasteiger partial charge in [-0.3, -0.25) is 4.79 Å². The van der Waals surface area contributed by atoms with Crippen molar-refractivity contribution in [3.8, 4) is 0 Å². The number of hydrogen-bond acceptors (Lipinski definition) is 3. The van der Waals surface area contributed by atoms with Gasteiger partial charge in [0, 0.05) is 24.3 Å². The summed E-state index contributed by atoms with van der Waals surface area (Å²) < 4.78 is 44.3. The van der Waals surface area contributed by atoms with Crippen molar-refractivity contribution in [3.05, 3.63) is 95.4 Å². The zero-order chi connectivity index (χ0) is 21.7. The molecule has 0 amide bonds. The van der Waals surface area contributed by atoms with Crippen LogP contribution in [0.4, 0.5) is 13.2 Å². The van der Waals surface area contributed by atoms with Crippen LogP contribution in [0.2, 0.25) is 0 Å². The Hall–Kier alpha value is -3.55. The highest BCUT2D eigenvalue weighted by atomic mass is 19.4. The number of aromatic nitrogens is 3. The van der Waals surface area contributed by atoms with Crippen molar-refractivity contribution in [2.45, 2.75) is 26.4 Å². The Morgan fingerprint density at radius 3 is 2.60 bits per heavy atom. The van der Waals surface area contributed by atoms with Gasteiger partial charge in [0.2, 0.25) is 0 Å². The Morgan fingerprint density at radius 1 is 1.20 bits per heavy atom. The minimum absolute atomic E-state index is 0.225. The van der Waals surface area contributed by atoms with Gasteiger partial charge in [0.15, 0.2) is 0 Å². The average Bonchev–Trinajstić information content (AvgIpc) is 3.23. The van der Waals surface area contributed by atoms with Crippen LogP contribution >= 0.6 is 0 Å². The van der Waals surface area contributed by atoms with Crippen LogP contribution < -0.4 is 5.56 Å². The smallest absolute Gasteiger partial charge is 0.406 e. The highest BCUT2D eigenvalue weighted by Crippen LogP contribution is 2.23. The van der Waals surface area contributed by atoms with Crippen molar-refractivity contribution >= 4 is 16.3 Å². The summed E-state index contributed by atoms with van der Waals surface area (Å²) >= 11 is 0. The van der Waals surface area contributed by atoms with Gasteiger partial charge < -0.3 is 9.30 Å². The molecule has 30 heavy (non-hydrogen) atoms. The molecule has 2 aromatic heterocycles. The lowest BCUT2D eigenvalue weighted by molar-refractivity contribution is -0.303. The third kappa shape index (κ3) is 5.28. The van der Waals surface area contributed by atoms with Crippen LogP contribution in [-0.2, 0) is 17.8 Å². The summed E-state index contributed by atoms with van der Waals surface area (Å²) in [6.07, 6.45) is 4.30. The maximum atomic E-state index is 12.8. The van der Waals surface area contributed by atoms with Crippen molar-refractivity contribution in [3.63, 3.8) is 0 Å². The van der Waals surface area contributed by atoms with Crippen LogP contribution in [0.1, 0.15) is 12.5 Å². The first-order valence-electron chi connectivity index (χ1n) is 9.14.